The zero-order valence-corrected chi connectivity index (χ0v) is 11.9. The van der Waals surface area contributed by atoms with Crippen LogP contribution in [0.3, 0.4) is 0 Å². The maximum atomic E-state index is 12.2. The summed E-state index contributed by atoms with van der Waals surface area (Å²) in [6, 6.07) is 17.4. The summed E-state index contributed by atoms with van der Waals surface area (Å²) in [5.41, 5.74) is 1.29. The molecule has 0 saturated heterocycles. The van der Waals surface area contributed by atoms with Crippen molar-refractivity contribution in [2.45, 2.75) is 13.0 Å². The van der Waals surface area contributed by atoms with Crippen molar-refractivity contribution in [3.63, 3.8) is 0 Å². The third kappa shape index (κ3) is 3.92. The van der Waals surface area contributed by atoms with Crippen molar-refractivity contribution >= 4 is 11.8 Å². The van der Waals surface area contributed by atoms with Crippen LogP contribution < -0.4 is 10.6 Å². The van der Waals surface area contributed by atoms with Gasteiger partial charge in [0.05, 0.1) is 0 Å². The van der Waals surface area contributed by atoms with Crippen LogP contribution in [-0.2, 0) is 4.79 Å². The summed E-state index contributed by atoms with van der Waals surface area (Å²) in [5, 5.41) is 5.53. The Hall–Kier alpha value is -2.62. The van der Waals surface area contributed by atoms with Gasteiger partial charge in [-0.05, 0) is 24.6 Å². The highest BCUT2D eigenvalue weighted by Crippen LogP contribution is 2.14. The van der Waals surface area contributed by atoms with Crippen LogP contribution in [0.1, 0.15) is 28.9 Å². The van der Waals surface area contributed by atoms with E-state index in [4.69, 9.17) is 0 Å². The average Bonchev–Trinajstić information content (AvgIpc) is 2.54. The molecule has 0 saturated carbocycles. The number of benzene rings is 2. The van der Waals surface area contributed by atoms with Crippen LogP contribution in [0, 0.1) is 0 Å². The molecule has 108 valence electrons. The number of nitrogens with one attached hydrogen (secondary N) is 2. The molecule has 0 bridgehead atoms. The van der Waals surface area contributed by atoms with E-state index >= 15 is 0 Å². The summed E-state index contributed by atoms with van der Waals surface area (Å²) in [7, 11) is 0. The van der Waals surface area contributed by atoms with E-state index in [0.717, 1.165) is 5.56 Å². The van der Waals surface area contributed by atoms with Gasteiger partial charge in [0.2, 0.25) is 5.91 Å². The molecule has 1 atom stereocenters. The Morgan fingerprint density at radius 2 is 1.52 bits per heavy atom. The SMILES string of the molecule is CCNC(=O)C(NC(=O)c1ccccc1)c1ccccc1. The van der Waals surface area contributed by atoms with Crippen LogP contribution in [0.25, 0.3) is 0 Å². The molecule has 0 aliphatic rings. The van der Waals surface area contributed by atoms with Gasteiger partial charge >= 0.3 is 0 Å². The second-order valence-electron chi connectivity index (χ2n) is 4.58. The maximum Gasteiger partial charge on any atom is 0.252 e. The van der Waals surface area contributed by atoms with Crippen molar-refractivity contribution in [2.24, 2.45) is 0 Å². The van der Waals surface area contributed by atoms with Crippen LogP contribution in [0.15, 0.2) is 60.7 Å². The normalized spacial score (nSPS) is 11.5. The number of rotatable bonds is 5. The van der Waals surface area contributed by atoms with Crippen molar-refractivity contribution in [3.05, 3.63) is 71.8 Å². The van der Waals surface area contributed by atoms with Crippen molar-refractivity contribution in [1.29, 1.82) is 0 Å². The largest absolute Gasteiger partial charge is 0.354 e. The maximum absolute atomic E-state index is 12.2. The van der Waals surface area contributed by atoms with Crippen molar-refractivity contribution in [3.8, 4) is 0 Å². The number of hydrogen-bond donors (Lipinski definition) is 2. The Labute approximate surface area is 124 Å². The highest BCUT2D eigenvalue weighted by molar-refractivity contribution is 5.97. The molecule has 2 amide bonds. The fourth-order valence-electron chi connectivity index (χ4n) is 2.03. The van der Waals surface area contributed by atoms with E-state index in [2.05, 4.69) is 10.6 Å². The molecule has 0 heterocycles. The first kappa shape index (κ1) is 14.8. The van der Waals surface area contributed by atoms with Gasteiger partial charge < -0.3 is 10.6 Å². The van der Waals surface area contributed by atoms with Crippen molar-refractivity contribution in [1.82, 2.24) is 10.6 Å². The lowest BCUT2D eigenvalue weighted by molar-refractivity contribution is -0.123. The zero-order chi connectivity index (χ0) is 15.1. The number of carbonyl (C=O) groups excluding carboxylic acids is 2. The highest BCUT2D eigenvalue weighted by Gasteiger charge is 2.22. The minimum atomic E-state index is -0.696. The lowest BCUT2D eigenvalue weighted by Crippen LogP contribution is -2.40. The zero-order valence-electron chi connectivity index (χ0n) is 11.9. The predicted octanol–water partition coefficient (Wildman–Crippen LogP) is 2.29. The van der Waals surface area contributed by atoms with E-state index in [-0.39, 0.29) is 11.8 Å². The fraction of sp³-hybridized carbons (Fsp3) is 0.176. The summed E-state index contributed by atoms with van der Waals surface area (Å²) >= 11 is 0. The van der Waals surface area contributed by atoms with Gasteiger partial charge in [-0.2, -0.15) is 0 Å². The summed E-state index contributed by atoms with van der Waals surface area (Å²) < 4.78 is 0. The lowest BCUT2D eigenvalue weighted by atomic mass is 10.1. The molecule has 0 aliphatic heterocycles. The third-order valence-electron chi connectivity index (χ3n) is 3.06. The van der Waals surface area contributed by atoms with Crippen LogP contribution >= 0.6 is 0 Å². The van der Waals surface area contributed by atoms with E-state index in [9.17, 15) is 9.59 Å². The minimum absolute atomic E-state index is 0.215. The third-order valence-corrected chi connectivity index (χ3v) is 3.06. The molecule has 21 heavy (non-hydrogen) atoms. The second-order valence-corrected chi connectivity index (χ2v) is 4.58. The Morgan fingerprint density at radius 1 is 0.952 bits per heavy atom. The Morgan fingerprint density at radius 3 is 2.10 bits per heavy atom. The van der Waals surface area contributed by atoms with Gasteiger partial charge in [0.15, 0.2) is 0 Å². The molecule has 2 rings (SSSR count). The molecule has 0 aromatic heterocycles. The highest BCUT2D eigenvalue weighted by atomic mass is 16.2. The minimum Gasteiger partial charge on any atom is -0.354 e. The molecule has 0 fully saturated rings. The van der Waals surface area contributed by atoms with Gasteiger partial charge in [-0.15, -0.1) is 0 Å². The molecule has 2 N–H and O–H groups in total. The van der Waals surface area contributed by atoms with Crippen LogP contribution in [0.2, 0.25) is 0 Å². The quantitative estimate of drug-likeness (QED) is 0.884. The van der Waals surface area contributed by atoms with Crippen LogP contribution in [-0.4, -0.2) is 18.4 Å². The van der Waals surface area contributed by atoms with Crippen LogP contribution in [0.4, 0.5) is 0 Å². The summed E-state index contributed by atoms with van der Waals surface area (Å²) in [5.74, 6) is -0.483. The number of amides is 2. The van der Waals surface area contributed by atoms with Gasteiger partial charge in [0.25, 0.3) is 5.91 Å². The second kappa shape index (κ2) is 7.24. The molecule has 1 unspecified atom stereocenters. The number of likely N-dealkylation sites (N-methyl/N-ethyl adjacent to an activating group) is 1. The Balaban J connectivity index is 2.20. The molecule has 0 spiro atoms. The predicted molar refractivity (Wildman–Crippen MR) is 81.8 cm³/mol. The van der Waals surface area contributed by atoms with Crippen LogP contribution in [0.5, 0.6) is 0 Å². The van der Waals surface area contributed by atoms with E-state index in [1.165, 1.54) is 0 Å². The summed E-state index contributed by atoms with van der Waals surface area (Å²) in [6.07, 6.45) is 0. The molecule has 2 aromatic rings. The topological polar surface area (TPSA) is 58.2 Å². The van der Waals surface area contributed by atoms with E-state index in [1.807, 2.05) is 43.3 Å². The van der Waals surface area contributed by atoms with Crippen molar-refractivity contribution < 1.29 is 9.59 Å². The van der Waals surface area contributed by atoms with E-state index in [0.29, 0.717) is 12.1 Å². The van der Waals surface area contributed by atoms with Gasteiger partial charge in [0.1, 0.15) is 6.04 Å². The van der Waals surface area contributed by atoms with E-state index in [1.54, 1.807) is 24.3 Å². The van der Waals surface area contributed by atoms with Gasteiger partial charge in [-0.1, -0.05) is 48.5 Å². The summed E-state index contributed by atoms with van der Waals surface area (Å²) in [4.78, 5) is 24.4. The number of hydrogen-bond acceptors (Lipinski definition) is 2. The van der Waals surface area contributed by atoms with Gasteiger partial charge in [-0.25, -0.2) is 0 Å². The molecule has 2 aromatic carbocycles. The van der Waals surface area contributed by atoms with Crippen molar-refractivity contribution in [2.75, 3.05) is 6.54 Å². The lowest BCUT2D eigenvalue weighted by Gasteiger charge is -2.18. The standard InChI is InChI=1S/C17H18N2O2/c1-2-18-17(21)15(13-9-5-3-6-10-13)19-16(20)14-11-7-4-8-12-14/h3-12,15H,2H2,1H3,(H,18,21)(H,19,20). The Bertz CT molecular complexity index is 597. The van der Waals surface area contributed by atoms with E-state index < -0.39 is 6.04 Å². The first-order chi connectivity index (χ1) is 10.2. The monoisotopic (exact) mass is 282 g/mol. The first-order valence-electron chi connectivity index (χ1n) is 6.91. The molecular formula is C17H18N2O2. The number of carbonyl (C=O) groups is 2. The molecule has 0 aliphatic carbocycles. The van der Waals surface area contributed by atoms with Gasteiger partial charge in [-0.3, -0.25) is 9.59 Å². The fourth-order valence-corrected chi connectivity index (χ4v) is 2.03. The molecule has 4 heteroatoms. The molecule has 0 radical (unpaired) electrons. The van der Waals surface area contributed by atoms with Gasteiger partial charge in [0, 0.05) is 12.1 Å². The average molecular weight is 282 g/mol. The molecular weight excluding hydrogens is 264 g/mol. The Kier molecular flexibility index (Phi) is 5.10. The molecule has 4 nitrogen and oxygen atoms in total. The first-order valence-corrected chi connectivity index (χ1v) is 6.91. The summed E-state index contributed by atoms with van der Waals surface area (Å²) in [6.45, 7) is 2.36. The smallest absolute Gasteiger partial charge is 0.252 e.